The van der Waals surface area contributed by atoms with Crippen LogP contribution in [-0.4, -0.2) is 35.3 Å². The summed E-state index contributed by atoms with van der Waals surface area (Å²) in [6, 6.07) is 18.0. The number of ether oxygens (including phenoxy) is 3. The Hall–Kier alpha value is -3.99. The van der Waals surface area contributed by atoms with Crippen molar-refractivity contribution in [1.29, 1.82) is 0 Å². The van der Waals surface area contributed by atoms with Gasteiger partial charge in [-0.05, 0) is 65.4 Å². The van der Waals surface area contributed by atoms with Crippen molar-refractivity contribution in [3.05, 3.63) is 94.0 Å². The summed E-state index contributed by atoms with van der Waals surface area (Å²) in [4.78, 5) is 5.96. The lowest BCUT2D eigenvalue weighted by atomic mass is 9.85. The number of aliphatic hydroxyl groups is 1. The first kappa shape index (κ1) is 23.4. The van der Waals surface area contributed by atoms with Gasteiger partial charge in [-0.2, -0.15) is 0 Å². The molecular weight excluding hydrogens is 466 g/mol. The van der Waals surface area contributed by atoms with Crippen LogP contribution in [0.15, 0.2) is 54.6 Å². The van der Waals surface area contributed by atoms with E-state index in [1.54, 1.807) is 14.2 Å². The van der Waals surface area contributed by atoms with E-state index in [0.29, 0.717) is 12.3 Å². The van der Waals surface area contributed by atoms with E-state index in [2.05, 4.69) is 27.9 Å². The van der Waals surface area contributed by atoms with Crippen LogP contribution in [0.5, 0.6) is 17.2 Å². The molecule has 0 fully saturated rings. The van der Waals surface area contributed by atoms with Crippen molar-refractivity contribution < 1.29 is 19.3 Å². The molecule has 0 saturated carbocycles. The molecule has 1 aromatic heterocycles. The highest BCUT2D eigenvalue weighted by Crippen LogP contribution is 2.45. The molecule has 0 aliphatic carbocycles. The highest BCUT2D eigenvalue weighted by Gasteiger charge is 2.36. The van der Waals surface area contributed by atoms with Crippen molar-refractivity contribution in [1.82, 2.24) is 9.47 Å². The lowest BCUT2D eigenvalue weighted by molar-refractivity contribution is 0.145. The molecule has 1 unspecified atom stereocenters. The van der Waals surface area contributed by atoms with Gasteiger partial charge in [0.15, 0.2) is 17.2 Å². The molecule has 188 valence electrons. The normalized spacial score (nSPS) is 16.4. The van der Waals surface area contributed by atoms with E-state index in [1.807, 2.05) is 41.0 Å². The number of fused-ring (bicyclic) bond motifs is 6. The summed E-state index contributed by atoms with van der Waals surface area (Å²) < 4.78 is 19.5. The third-order valence-electron chi connectivity index (χ3n) is 7.74. The second-order valence-electron chi connectivity index (χ2n) is 9.59. The fraction of sp³-hybridized carbons (Fsp3) is 0.300. The number of rotatable bonds is 6. The number of hydrogen-bond acceptors (Lipinski definition) is 5. The molecule has 3 heterocycles. The molecule has 2 aliphatic heterocycles. The highest BCUT2D eigenvalue weighted by molar-refractivity contribution is 5.87. The van der Waals surface area contributed by atoms with Gasteiger partial charge in [-0.1, -0.05) is 24.3 Å². The quantitative estimate of drug-likeness (QED) is 0.363. The zero-order valence-corrected chi connectivity index (χ0v) is 21.0. The topological polar surface area (TPSA) is 60.5 Å². The van der Waals surface area contributed by atoms with Gasteiger partial charge in [0, 0.05) is 30.2 Å². The Morgan fingerprint density at radius 1 is 1.03 bits per heavy atom. The van der Waals surface area contributed by atoms with E-state index in [1.165, 1.54) is 22.4 Å². The number of aliphatic hydroxyl groups excluding tert-OH is 1. The SMILES string of the molecule is [C-]#[N+]c1ccc(COc2cc3c(cc2OC)C2Cc4c(n(CO)c5ccc(OC)cc45)CN2CC3)cc1. The molecule has 7 heteroatoms. The van der Waals surface area contributed by atoms with E-state index in [9.17, 15) is 5.11 Å². The minimum absolute atomic E-state index is 0.0393. The van der Waals surface area contributed by atoms with Crippen LogP contribution < -0.4 is 14.2 Å². The third-order valence-corrected chi connectivity index (χ3v) is 7.74. The van der Waals surface area contributed by atoms with E-state index >= 15 is 0 Å². The second kappa shape index (κ2) is 9.47. The molecule has 2 aliphatic rings. The molecule has 7 nitrogen and oxygen atoms in total. The van der Waals surface area contributed by atoms with Crippen LogP contribution in [0.3, 0.4) is 0 Å². The largest absolute Gasteiger partial charge is 0.497 e. The lowest BCUT2D eigenvalue weighted by Gasteiger charge is -2.41. The van der Waals surface area contributed by atoms with Crippen molar-refractivity contribution in [3.63, 3.8) is 0 Å². The van der Waals surface area contributed by atoms with Crippen LogP contribution in [0.25, 0.3) is 15.7 Å². The number of hydrogen-bond donors (Lipinski definition) is 1. The molecule has 4 aromatic rings. The Morgan fingerprint density at radius 2 is 1.86 bits per heavy atom. The van der Waals surface area contributed by atoms with Crippen LogP contribution >= 0.6 is 0 Å². The summed E-state index contributed by atoms with van der Waals surface area (Å²) in [5.74, 6) is 2.29. The van der Waals surface area contributed by atoms with Crippen LogP contribution in [0.4, 0.5) is 5.69 Å². The molecule has 0 radical (unpaired) electrons. The zero-order valence-electron chi connectivity index (χ0n) is 21.0. The molecule has 0 amide bonds. The van der Waals surface area contributed by atoms with Gasteiger partial charge in [-0.15, -0.1) is 0 Å². The summed E-state index contributed by atoms with van der Waals surface area (Å²) >= 11 is 0. The van der Waals surface area contributed by atoms with Gasteiger partial charge in [0.1, 0.15) is 19.1 Å². The Morgan fingerprint density at radius 3 is 2.59 bits per heavy atom. The van der Waals surface area contributed by atoms with E-state index in [-0.39, 0.29) is 12.8 Å². The summed E-state index contributed by atoms with van der Waals surface area (Å²) in [5.41, 5.74) is 7.69. The molecule has 0 bridgehead atoms. The average Bonchev–Trinajstić information content (AvgIpc) is 3.26. The summed E-state index contributed by atoms with van der Waals surface area (Å²) in [6.07, 6.45) is 1.78. The Bertz CT molecular complexity index is 1520. The van der Waals surface area contributed by atoms with Crippen molar-refractivity contribution in [2.45, 2.75) is 38.8 Å². The molecular formula is C30H29N3O4. The zero-order chi connectivity index (χ0) is 25.5. The lowest BCUT2D eigenvalue weighted by Crippen LogP contribution is -2.39. The van der Waals surface area contributed by atoms with Gasteiger partial charge < -0.3 is 23.9 Å². The molecule has 0 saturated heterocycles. The Kier molecular flexibility index (Phi) is 5.99. The van der Waals surface area contributed by atoms with Gasteiger partial charge in [-0.3, -0.25) is 4.90 Å². The van der Waals surface area contributed by atoms with Crippen LogP contribution in [0.2, 0.25) is 0 Å². The van der Waals surface area contributed by atoms with Crippen LogP contribution in [-0.2, 0) is 32.7 Å². The second-order valence-corrected chi connectivity index (χ2v) is 9.59. The van der Waals surface area contributed by atoms with Crippen molar-refractivity contribution in [2.24, 2.45) is 0 Å². The van der Waals surface area contributed by atoms with Crippen LogP contribution in [0, 0.1) is 6.57 Å². The van der Waals surface area contributed by atoms with Crippen LogP contribution in [0.1, 0.15) is 34.0 Å². The van der Waals surface area contributed by atoms with Crippen molar-refractivity contribution >= 4 is 16.6 Å². The fourth-order valence-corrected chi connectivity index (χ4v) is 5.83. The Labute approximate surface area is 216 Å². The number of nitrogens with zero attached hydrogens (tertiary/aromatic N) is 3. The monoisotopic (exact) mass is 495 g/mol. The van der Waals surface area contributed by atoms with Gasteiger partial charge in [-0.25, -0.2) is 4.85 Å². The predicted molar refractivity (Wildman–Crippen MR) is 141 cm³/mol. The maximum atomic E-state index is 10.2. The first-order valence-corrected chi connectivity index (χ1v) is 12.5. The fourth-order valence-electron chi connectivity index (χ4n) is 5.83. The van der Waals surface area contributed by atoms with Gasteiger partial charge >= 0.3 is 0 Å². The molecule has 3 aromatic carbocycles. The summed E-state index contributed by atoms with van der Waals surface area (Å²) in [7, 11) is 3.37. The van der Waals surface area contributed by atoms with E-state index < -0.39 is 0 Å². The molecule has 1 N–H and O–H groups in total. The standard InChI is InChI=1S/C30H29N3O4/c1-31-21-6-4-19(5-7-21)17-37-30-12-20-10-11-32-16-28-25(14-27(32)23(20)15-29(30)36-3)24-13-22(35-2)8-9-26(24)33(28)18-34/h4-9,12-13,15,27,34H,10-11,14,16-18H2,2-3H3. The minimum atomic E-state index is -0.0393. The van der Waals surface area contributed by atoms with E-state index in [4.69, 9.17) is 20.8 Å². The van der Waals surface area contributed by atoms with Gasteiger partial charge in [0.05, 0.1) is 26.3 Å². The smallest absolute Gasteiger partial charge is 0.187 e. The first-order chi connectivity index (χ1) is 18.1. The average molecular weight is 496 g/mol. The van der Waals surface area contributed by atoms with Gasteiger partial charge in [0.2, 0.25) is 0 Å². The summed E-state index contributed by atoms with van der Waals surface area (Å²) in [6.45, 7) is 9.23. The third kappa shape index (κ3) is 3.99. The van der Waals surface area contributed by atoms with Crippen molar-refractivity contribution in [2.75, 3.05) is 20.8 Å². The van der Waals surface area contributed by atoms with E-state index in [0.717, 1.165) is 59.6 Å². The number of benzene rings is 3. The first-order valence-electron chi connectivity index (χ1n) is 12.5. The number of aromatic nitrogens is 1. The van der Waals surface area contributed by atoms with Crippen molar-refractivity contribution in [3.8, 4) is 17.2 Å². The number of methoxy groups -OCH3 is 2. The highest BCUT2D eigenvalue weighted by atomic mass is 16.5. The van der Waals surface area contributed by atoms with Gasteiger partial charge in [0.25, 0.3) is 0 Å². The Balaban J connectivity index is 1.33. The minimum Gasteiger partial charge on any atom is -0.497 e. The predicted octanol–water partition coefficient (Wildman–Crippen LogP) is 5.39. The maximum absolute atomic E-state index is 10.2. The molecule has 6 rings (SSSR count). The molecule has 0 spiro atoms. The molecule has 1 atom stereocenters. The summed E-state index contributed by atoms with van der Waals surface area (Å²) in [5, 5.41) is 11.3. The maximum Gasteiger partial charge on any atom is 0.187 e. The molecule has 37 heavy (non-hydrogen) atoms.